The first-order valence-electron chi connectivity index (χ1n) is 14.7. The number of aryl methyl sites for hydroxylation is 1. The van der Waals surface area contributed by atoms with Crippen LogP contribution >= 0.6 is 0 Å². The predicted molar refractivity (Wildman–Crippen MR) is 159 cm³/mol. The van der Waals surface area contributed by atoms with Crippen LogP contribution in [0.1, 0.15) is 70.1 Å². The van der Waals surface area contributed by atoms with Crippen molar-refractivity contribution < 1.29 is 4.74 Å². The van der Waals surface area contributed by atoms with Gasteiger partial charge in [-0.25, -0.2) is 9.97 Å². The largest absolute Gasteiger partial charge is 0.361 e. The zero-order chi connectivity index (χ0) is 27.2. The first kappa shape index (κ1) is 30.2. The Kier molecular flexibility index (Phi) is 13.2. The van der Waals surface area contributed by atoms with Crippen LogP contribution in [0.4, 0.5) is 0 Å². The van der Waals surface area contributed by atoms with Gasteiger partial charge in [0.1, 0.15) is 6.33 Å². The maximum Gasteiger partial charge on any atom is 0.151 e. The summed E-state index contributed by atoms with van der Waals surface area (Å²) in [5.74, 6) is 0. The van der Waals surface area contributed by atoms with E-state index in [4.69, 9.17) is 4.74 Å². The summed E-state index contributed by atoms with van der Waals surface area (Å²) in [5.41, 5.74) is 4.99. The number of rotatable bonds is 7. The van der Waals surface area contributed by atoms with Crippen LogP contribution in [0.5, 0.6) is 0 Å². The Balaban J connectivity index is 0.000000305. The maximum atomic E-state index is 6.05. The lowest BCUT2D eigenvalue weighted by molar-refractivity contribution is -0.0377. The molecule has 0 aliphatic carbocycles. The number of methoxy groups -OCH3 is 1. The summed E-state index contributed by atoms with van der Waals surface area (Å²) in [6.45, 7) is 17.7. The smallest absolute Gasteiger partial charge is 0.151 e. The van der Waals surface area contributed by atoms with Crippen LogP contribution in [0.25, 0.3) is 10.9 Å². The van der Waals surface area contributed by atoms with Crippen LogP contribution in [0.2, 0.25) is 0 Å². The molecule has 1 saturated heterocycles. The van der Waals surface area contributed by atoms with Crippen LogP contribution in [0, 0.1) is 0 Å². The summed E-state index contributed by atoms with van der Waals surface area (Å²) in [6.07, 6.45) is 9.08. The average molecular weight is 523 g/mol. The third kappa shape index (κ3) is 8.34. The number of nitrogens with one attached hydrogen (secondary N) is 1. The van der Waals surface area contributed by atoms with Crippen molar-refractivity contribution in [2.24, 2.45) is 0 Å². The lowest BCUT2D eigenvalue weighted by Gasteiger charge is -2.30. The van der Waals surface area contributed by atoms with Gasteiger partial charge >= 0.3 is 0 Å². The van der Waals surface area contributed by atoms with Crippen LogP contribution in [0.15, 0.2) is 42.9 Å². The van der Waals surface area contributed by atoms with Crippen LogP contribution in [-0.4, -0.2) is 77.3 Å². The van der Waals surface area contributed by atoms with Gasteiger partial charge in [0, 0.05) is 82.1 Å². The van der Waals surface area contributed by atoms with Crippen LogP contribution < -0.4 is 5.32 Å². The third-order valence-electron chi connectivity index (χ3n) is 7.23. The fourth-order valence-corrected chi connectivity index (χ4v) is 5.16. The molecular weight excluding hydrogens is 472 g/mol. The van der Waals surface area contributed by atoms with E-state index in [0.717, 1.165) is 32.5 Å². The van der Waals surface area contributed by atoms with Crippen molar-refractivity contribution in [2.45, 2.75) is 72.6 Å². The summed E-state index contributed by atoms with van der Waals surface area (Å²) in [4.78, 5) is 13.6. The second-order valence-corrected chi connectivity index (χ2v) is 10.1. The quantitative estimate of drug-likeness (QED) is 0.454. The summed E-state index contributed by atoms with van der Waals surface area (Å²) >= 11 is 0. The topological polar surface area (TPSA) is 58.5 Å². The fraction of sp³-hybridized carbons (Fsp3) is 0.613. The molecule has 2 aliphatic heterocycles. The molecule has 1 aromatic carbocycles. The molecule has 1 N–H and O–H groups in total. The number of benzene rings is 1. The Morgan fingerprint density at radius 1 is 1.00 bits per heavy atom. The van der Waals surface area contributed by atoms with E-state index in [1.165, 1.54) is 79.8 Å². The lowest BCUT2D eigenvalue weighted by atomic mass is 10.1. The van der Waals surface area contributed by atoms with E-state index in [9.17, 15) is 0 Å². The number of hydrogen-bond acceptors (Lipinski definition) is 6. The molecule has 38 heavy (non-hydrogen) atoms. The number of aromatic nitrogens is 3. The number of likely N-dealkylation sites (N-methyl/N-ethyl adjacent to an activating group) is 1. The van der Waals surface area contributed by atoms with E-state index in [1.54, 1.807) is 6.33 Å². The van der Waals surface area contributed by atoms with Crippen LogP contribution in [0.3, 0.4) is 0 Å². The van der Waals surface area contributed by atoms with Crippen molar-refractivity contribution in [3.05, 3.63) is 59.8 Å². The molecular formula is C31H50N6O. The van der Waals surface area contributed by atoms with Gasteiger partial charge in [0.25, 0.3) is 0 Å². The van der Waals surface area contributed by atoms with E-state index in [2.05, 4.69) is 87.7 Å². The second kappa shape index (κ2) is 16.6. The third-order valence-corrected chi connectivity index (χ3v) is 7.23. The van der Waals surface area contributed by atoms with Gasteiger partial charge in [0.2, 0.25) is 0 Å². The van der Waals surface area contributed by atoms with E-state index in [-0.39, 0.29) is 6.23 Å². The summed E-state index contributed by atoms with van der Waals surface area (Å²) < 4.78 is 8.50. The van der Waals surface area contributed by atoms with Gasteiger partial charge in [-0.15, -0.1) is 0 Å². The van der Waals surface area contributed by atoms with Gasteiger partial charge in [-0.1, -0.05) is 58.7 Å². The molecule has 1 unspecified atom stereocenters. The maximum absolute atomic E-state index is 6.05. The molecule has 2 aliphatic rings. The minimum atomic E-state index is -0.0449. The van der Waals surface area contributed by atoms with Gasteiger partial charge < -0.3 is 19.5 Å². The number of hydrogen-bond donors (Lipinski definition) is 1. The molecule has 0 amide bonds. The minimum Gasteiger partial charge on any atom is -0.361 e. The Morgan fingerprint density at radius 3 is 2.42 bits per heavy atom. The normalized spacial score (nSPS) is 17.0. The first-order chi connectivity index (χ1) is 18.7. The molecule has 0 bridgehead atoms. The fourth-order valence-electron chi connectivity index (χ4n) is 5.16. The highest BCUT2D eigenvalue weighted by Crippen LogP contribution is 2.30. The molecule has 0 spiro atoms. The summed E-state index contributed by atoms with van der Waals surface area (Å²) in [7, 11) is 1.82. The molecule has 0 radical (unpaired) electrons. The molecule has 210 valence electrons. The Hall–Kier alpha value is -2.32. The first-order valence-corrected chi connectivity index (χ1v) is 14.7. The van der Waals surface area contributed by atoms with Gasteiger partial charge in [0.15, 0.2) is 6.23 Å². The van der Waals surface area contributed by atoms with Gasteiger partial charge in [-0.2, -0.15) is 0 Å². The number of unbranched alkanes of at least 4 members (excludes halogenated alkanes) is 1. The monoisotopic (exact) mass is 522 g/mol. The van der Waals surface area contributed by atoms with E-state index < -0.39 is 0 Å². The number of fused-ring (bicyclic) bond motifs is 2. The Morgan fingerprint density at radius 2 is 1.74 bits per heavy atom. The summed E-state index contributed by atoms with van der Waals surface area (Å²) in [5, 5.41) is 4.59. The number of piperazine rings is 1. The SMILES string of the molecule is CCC.CCCCn1c(C(OC)N2CCc3cncnc3CC2)cc2ccccc21.CCN1CCNCC1. The highest BCUT2D eigenvalue weighted by atomic mass is 16.5. The zero-order valence-corrected chi connectivity index (χ0v) is 24.5. The Labute approximate surface area is 230 Å². The van der Waals surface area contributed by atoms with Crippen molar-refractivity contribution in [1.82, 2.24) is 29.7 Å². The molecule has 0 saturated carbocycles. The number of nitrogens with zero attached hydrogens (tertiary/aromatic N) is 5. The van der Waals surface area contributed by atoms with Crippen molar-refractivity contribution >= 4 is 10.9 Å². The highest BCUT2D eigenvalue weighted by molar-refractivity contribution is 5.81. The van der Waals surface area contributed by atoms with Crippen molar-refractivity contribution in [1.29, 1.82) is 0 Å². The minimum absolute atomic E-state index is 0.0449. The highest BCUT2D eigenvalue weighted by Gasteiger charge is 2.26. The van der Waals surface area contributed by atoms with Crippen molar-refractivity contribution in [2.75, 3.05) is 52.9 Å². The molecule has 4 heterocycles. The van der Waals surface area contributed by atoms with E-state index in [0.29, 0.717) is 0 Å². The number of ether oxygens (including phenoxy) is 1. The molecule has 7 heteroatoms. The van der Waals surface area contributed by atoms with Crippen molar-refractivity contribution in [3.8, 4) is 0 Å². The number of para-hydroxylation sites is 1. The second-order valence-electron chi connectivity index (χ2n) is 10.1. The summed E-state index contributed by atoms with van der Waals surface area (Å²) in [6, 6.07) is 10.9. The molecule has 2 aromatic heterocycles. The van der Waals surface area contributed by atoms with E-state index >= 15 is 0 Å². The van der Waals surface area contributed by atoms with Gasteiger partial charge in [-0.05, 0) is 37.1 Å². The Bertz CT molecular complexity index is 1030. The lowest BCUT2D eigenvalue weighted by Crippen LogP contribution is -2.43. The standard InChI is InChI=1S/C22H28N4O.C6H14N2.C3H8/c1-3-4-11-26-20-8-6-5-7-17(20)14-21(26)22(27-2)25-12-9-18-15-23-16-24-19(18)10-13-25;1-2-8-5-3-7-4-6-8;1-3-2/h5-8,14-16,22H,3-4,9-13H2,1-2H3;7H,2-6H2,1H3;3H2,1-2H3. The molecule has 1 fully saturated rings. The van der Waals surface area contributed by atoms with Gasteiger partial charge in [0.05, 0.1) is 5.69 Å². The average Bonchev–Trinajstić information content (AvgIpc) is 3.18. The van der Waals surface area contributed by atoms with E-state index in [1.807, 2.05) is 13.3 Å². The van der Waals surface area contributed by atoms with Crippen LogP contribution in [-0.2, 0) is 24.1 Å². The van der Waals surface area contributed by atoms with Gasteiger partial charge in [-0.3, -0.25) is 4.90 Å². The van der Waals surface area contributed by atoms with Crippen molar-refractivity contribution in [3.63, 3.8) is 0 Å². The molecule has 5 rings (SSSR count). The molecule has 7 nitrogen and oxygen atoms in total. The predicted octanol–water partition coefficient (Wildman–Crippen LogP) is 5.31. The zero-order valence-electron chi connectivity index (χ0n) is 24.5. The molecule has 1 atom stereocenters. The molecule has 3 aromatic rings.